The van der Waals surface area contributed by atoms with E-state index in [0.717, 1.165) is 25.7 Å². The Kier molecular flexibility index (Phi) is 5.24. The molecule has 3 N–H and O–H groups in total. The summed E-state index contributed by atoms with van der Waals surface area (Å²) in [5.74, 6) is 0.648. The van der Waals surface area contributed by atoms with Crippen LogP contribution in [0.2, 0.25) is 0 Å². The van der Waals surface area contributed by atoms with Crippen molar-refractivity contribution >= 4 is 11.7 Å². The van der Waals surface area contributed by atoms with Gasteiger partial charge in [-0.2, -0.15) is 0 Å². The second-order valence-electron chi connectivity index (χ2n) is 4.99. The summed E-state index contributed by atoms with van der Waals surface area (Å²) < 4.78 is 5.46. The number of hydrogen-bond acceptors (Lipinski definition) is 3. The molecule has 0 radical (unpaired) electrons. The van der Waals surface area contributed by atoms with Gasteiger partial charge in [-0.3, -0.25) is 0 Å². The van der Waals surface area contributed by atoms with Gasteiger partial charge in [0.2, 0.25) is 0 Å². The summed E-state index contributed by atoms with van der Waals surface area (Å²) in [4.78, 5) is 12.0. The maximum atomic E-state index is 12.0. The number of aliphatic hydroxyl groups is 1. The van der Waals surface area contributed by atoms with E-state index in [2.05, 4.69) is 10.6 Å². The van der Waals surface area contributed by atoms with Crippen LogP contribution in [0, 0.1) is 0 Å². The molecule has 5 heteroatoms. The van der Waals surface area contributed by atoms with E-state index in [9.17, 15) is 9.90 Å². The highest BCUT2D eigenvalue weighted by Gasteiger charge is 2.24. The van der Waals surface area contributed by atoms with Crippen molar-refractivity contribution in [2.45, 2.75) is 44.8 Å². The van der Waals surface area contributed by atoms with E-state index in [1.807, 2.05) is 25.1 Å². The van der Waals surface area contributed by atoms with E-state index in [-0.39, 0.29) is 12.1 Å². The Morgan fingerprint density at radius 3 is 2.85 bits per heavy atom. The van der Waals surface area contributed by atoms with Gasteiger partial charge in [-0.05, 0) is 31.9 Å². The predicted octanol–water partition coefficient (Wildman–Crippen LogP) is 2.51. The molecule has 1 aromatic rings. The first-order valence-electron chi connectivity index (χ1n) is 7.18. The molecule has 0 heterocycles. The van der Waals surface area contributed by atoms with Crippen molar-refractivity contribution in [3.05, 3.63) is 24.3 Å². The number of ether oxygens (including phenoxy) is 1. The Balaban J connectivity index is 1.94. The quantitative estimate of drug-likeness (QED) is 0.792. The Hall–Kier alpha value is -1.75. The van der Waals surface area contributed by atoms with Crippen LogP contribution < -0.4 is 15.4 Å². The number of carbonyl (C=O) groups excluding carboxylic acids is 1. The highest BCUT2D eigenvalue weighted by Crippen LogP contribution is 2.24. The summed E-state index contributed by atoms with van der Waals surface area (Å²) in [5.41, 5.74) is 0.636. The van der Waals surface area contributed by atoms with Crippen molar-refractivity contribution in [2.24, 2.45) is 0 Å². The second-order valence-corrected chi connectivity index (χ2v) is 4.99. The number of benzene rings is 1. The molecule has 5 nitrogen and oxygen atoms in total. The van der Waals surface area contributed by atoms with Crippen molar-refractivity contribution in [1.82, 2.24) is 5.32 Å². The molecule has 1 aliphatic carbocycles. The molecular weight excluding hydrogens is 256 g/mol. The van der Waals surface area contributed by atoms with Crippen LogP contribution in [0.5, 0.6) is 5.75 Å². The smallest absolute Gasteiger partial charge is 0.319 e. The monoisotopic (exact) mass is 278 g/mol. The van der Waals surface area contributed by atoms with Crippen LogP contribution in [0.25, 0.3) is 0 Å². The van der Waals surface area contributed by atoms with Crippen LogP contribution in [-0.2, 0) is 0 Å². The molecule has 110 valence electrons. The van der Waals surface area contributed by atoms with Gasteiger partial charge in [0.1, 0.15) is 5.75 Å². The lowest BCUT2D eigenvalue weighted by Gasteiger charge is -2.28. The molecule has 1 saturated carbocycles. The molecule has 1 fully saturated rings. The molecular formula is C15H22N2O3. The summed E-state index contributed by atoms with van der Waals surface area (Å²) in [7, 11) is 0. The van der Waals surface area contributed by atoms with Crippen molar-refractivity contribution in [2.75, 3.05) is 11.9 Å². The molecule has 0 aliphatic heterocycles. The number of nitrogens with one attached hydrogen (secondary N) is 2. The number of para-hydroxylation sites is 2. The molecule has 2 amide bonds. The number of rotatable bonds is 4. The normalized spacial score (nSPS) is 22.1. The van der Waals surface area contributed by atoms with Crippen LogP contribution in [0.3, 0.4) is 0 Å². The lowest BCUT2D eigenvalue weighted by Crippen LogP contribution is -2.46. The van der Waals surface area contributed by atoms with Crippen LogP contribution >= 0.6 is 0 Å². The van der Waals surface area contributed by atoms with Gasteiger partial charge >= 0.3 is 6.03 Å². The zero-order valence-electron chi connectivity index (χ0n) is 11.8. The fraction of sp³-hybridized carbons (Fsp3) is 0.533. The average molecular weight is 278 g/mol. The van der Waals surface area contributed by atoms with Gasteiger partial charge in [0.05, 0.1) is 24.4 Å². The van der Waals surface area contributed by atoms with Crippen molar-refractivity contribution in [3.63, 3.8) is 0 Å². The zero-order chi connectivity index (χ0) is 14.4. The minimum absolute atomic E-state index is 0.164. The van der Waals surface area contributed by atoms with Gasteiger partial charge in [0.15, 0.2) is 0 Å². The molecule has 1 aromatic carbocycles. The lowest BCUT2D eigenvalue weighted by atomic mass is 9.93. The molecule has 2 atom stereocenters. The Bertz CT molecular complexity index is 450. The number of hydrogen-bond donors (Lipinski definition) is 3. The third-order valence-electron chi connectivity index (χ3n) is 3.48. The van der Waals surface area contributed by atoms with Crippen molar-refractivity contribution in [1.29, 1.82) is 0 Å². The molecule has 2 rings (SSSR count). The average Bonchev–Trinajstić information content (AvgIpc) is 2.44. The number of urea groups is 1. The summed E-state index contributed by atoms with van der Waals surface area (Å²) in [6.45, 7) is 2.44. The molecule has 2 unspecified atom stereocenters. The molecule has 0 aromatic heterocycles. The molecule has 0 spiro atoms. The first kappa shape index (κ1) is 14.7. The fourth-order valence-electron chi connectivity index (χ4n) is 2.46. The van der Waals surface area contributed by atoms with E-state index < -0.39 is 6.10 Å². The Morgan fingerprint density at radius 2 is 2.10 bits per heavy atom. The standard InChI is InChI=1S/C15H22N2O3/c1-2-20-14-10-6-4-8-12(14)17-15(19)16-11-7-3-5-9-13(11)18/h4,6,8,10-11,13,18H,2-3,5,7,9H2,1H3,(H2,16,17,19). The zero-order valence-corrected chi connectivity index (χ0v) is 11.8. The van der Waals surface area contributed by atoms with Gasteiger partial charge in [0, 0.05) is 0 Å². The minimum atomic E-state index is -0.448. The largest absolute Gasteiger partial charge is 0.492 e. The number of aliphatic hydroxyl groups excluding tert-OH is 1. The number of carbonyl (C=O) groups is 1. The van der Waals surface area contributed by atoms with Gasteiger partial charge in [-0.25, -0.2) is 4.79 Å². The fourth-order valence-corrected chi connectivity index (χ4v) is 2.46. The summed E-state index contributed by atoms with van der Waals surface area (Å²) in [6.07, 6.45) is 3.19. The highest BCUT2D eigenvalue weighted by molar-refractivity contribution is 5.91. The topological polar surface area (TPSA) is 70.6 Å². The van der Waals surface area contributed by atoms with E-state index in [0.29, 0.717) is 18.0 Å². The van der Waals surface area contributed by atoms with Gasteiger partial charge in [0.25, 0.3) is 0 Å². The minimum Gasteiger partial charge on any atom is -0.492 e. The Morgan fingerprint density at radius 1 is 1.35 bits per heavy atom. The highest BCUT2D eigenvalue weighted by atomic mass is 16.5. The lowest BCUT2D eigenvalue weighted by molar-refractivity contribution is 0.0955. The molecule has 20 heavy (non-hydrogen) atoms. The summed E-state index contributed by atoms with van der Waals surface area (Å²) >= 11 is 0. The maximum Gasteiger partial charge on any atom is 0.319 e. The first-order valence-corrected chi connectivity index (χ1v) is 7.18. The third kappa shape index (κ3) is 3.87. The third-order valence-corrected chi connectivity index (χ3v) is 3.48. The Labute approximate surface area is 119 Å². The second kappa shape index (κ2) is 7.14. The predicted molar refractivity (Wildman–Crippen MR) is 78.0 cm³/mol. The van der Waals surface area contributed by atoms with Crippen LogP contribution in [-0.4, -0.2) is 29.9 Å². The van der Waals surface area contributed by atoms with E-state index >= 15 is 0 Å². The van der Waals surface area contributed by atoms with E-state index in [1.165, 1.54) is 0 Å². The van der Waals surface area contributed by atoms with Crippen LogP contribution in [0.1, 0.15) is 32.6 Å². The molecule has 1 aliphatic rings. The van der Waals surface area contributed by atoms with Crippen LogP contribution in [0.4, 0.5) is 10.5 Å². The molecule has 0 saturated heterocycles. The number of anilines is 1. The summed E-state index contributed by atoms with van der Waals surface area (Å²) in [5, 5.41) is 15.5. The van der Waals surface area contributed by atoms with Crippen molar-refractivity contribution in [3.8, 4) is 5.75 Å². The first-order chi connectivity index (χ1) is 9.70. The van der Waals surface area contributed by atoms with E-state index in [1.54, 1.807) is 6.07 Å². The SMILES string of the molecule is CCOc1ccccc1NC(=O)NC1CCCCC1O. The van der Waals surface area contributed by atoms with Gasteiger partial charge in [-0.15, -0.1) is 0 Å². The van der Waals surface area contributed by atoms with Gasteiger partial charge in [-0.1, -0.05) is 25.0 Å². The van der Waals surface area contributed by atoms with E-state index in [4.69, 9.17) is 4.74 Å². The molecule has 0 bridgehead atoms. The van der Waals surface area contributed by atoms with Gasteiger partial charge < -0.3 is 20.5 Å². The maximum absolute atomic E-state index is 12.0. The van der Waals surface area contributed by atoms with Crippen LogP contribution in [0.15, 0.2) is 24.3 Å². The summed E-state index contributed by atoms with van der Waals surface area (Å²) in [6, 6.07) is 6.84. The number of amides is 2. The van der Waals surface area contributed by atoms with Crippen molar-refractivity contribution < 1.29 is 14.6 Å².